The van der Waals surface area contributed by atoms with Crippen LogP contribution in [0.1, 0.15) is 5.56 Å². The molecule has 33 heavy (non-hydrogen) atoms. The fraction of sp³-hybridized carbons (Fsp3) is 0.192. The van der Waals surface area contributed by atoms with Gasteiger partial charge >= 0.3 is 5.97 Å². The predicted octanol–water partition coefficient (Wildman–Crippen LogP) is 3.72. The average molecular weight is 438 g/mol. The summed E-state index contributed by atoms with van der Waals surface area (Å²) >= 11 is 0. The maximum atomic E-state index is 13.0. The first kappa shape index (κ1) is 20.7. The number of anilines is 1. The molecule has 0 spiro atoms. The van der Waals surface area contributed by atoms with Crippen LogP contribution < -0.4 is 10.6 Å². The smallest absolute Gasteiger partial charge is 0.351 e. The fourth-order valence-electron chi connectivity index (χ4n) is 4.07. The van der Waals surface area contributed by atoms with Gasteiger partial charge in [-0.25, -0.2) is 9.79 Å². The Kier molecular flexibility index (Phi) is 5.75. The van der Waals surface area contributed by atoms with Gasteiger partial charge in [0, 0.05) is 26.2 Å². The number of aliphatic imine (C=N–C) groups is 1. The van der Waals surface area contributed by atoms with Crippen molar-refractivity contribution in [1.29, 1.82) is 5.26 Å². The van der Waals surface area contributed by atoms with Gasteiger partial charge in [-0.05, 0) is 34.5 Å². The quantitative estimate of drug-likeness (QED) is 0.369. The molecule has 2 aliphatic rings. The van der Waals surface area contributed by atoms with Gasteiger partial charge < -0.3 is 20.3 Å². The number of fused-ring (bicyclic) bond motifs is 2. The number of nitriles is 1. The van der Waals surface area contributed by atoms with E-state index in [0.717, 1.165) is 53.9 Å². The number of rotatable bonds is 3. The van der Waals surface area contributed by atoms with Crippen molar-refractivity contribution in [3.8, 4) is 6.07 Å². The molecule has 5 rings (SSSR count). The molecular formula is C26H23N5O2. The van der Waals surface area contributed by atoms with Crippen molar-refractivity contribution in [1.82, 2.24) is 10.2 Å². The monoisotopic (exact) mass is 437 g/mol. The van der Waals surface area contributed by atoms with Crippen LogP contribution in [0.3, 0.4) is 0 Å². The van der Waals surface area contributed by atoms with Crippen molar-refractivity contribution >= 4 is 34.0 Å². The molecule has 0 atom stereocenters. The fourth-order valence-corrected chi connectivity index (χ4v) is 4.07. The SMILES string of the molecule is N#CC(C(=O)OCc1ccc2ccccc2c1)=C1Nc2ccccc2N=C1N1CCNCC1. The number of para-hydroxylation sites is 2. The standard InChI is InChI=1S/C26H23N5O2/c27-16-21(26(32)33-17-18-9-10-19-5-1-2-6-20(19)15-18)24-25(31-13-11-28-12-14-31)30-23-8-4-3-7-22(23)29-24/h1-10,15,28-29H,11-14,17H2. The highest BCUT2D eigenvalue weighted by atomic mass is 16.5. The van der Waals surface area contributed by atoms with Gasteiger partial charge in [-0.3, -0.25) is 0 Å². The van der Waals surface area contributed by atoms with Crippen LogP contribution >= 0.6 is 0 Å². The summed E-state index contributed by atoms with van der Waals surface area (Å²) in [5.74, 6) is -0.0789. The normalized spacial score (nSPS) is 16.8. The zero-order valence-corrected chi connectivity index (χ0v) is 18.0. The van der Waals surface area contributed by atoms with E-state index in [1.54, 1.807) is 0 Å². The Morgan fingerprint density at radius 1 is 1.03 bits per heavy atom. The molecule has 7 nitrogen and oxygen atoms in total. The lowest BCUT2D eigenvalue weighted by Gasteiger charge is -2.34. The van der Waals surface area contributed by atoms with Crippen molar-refractivity contribution in [3.05, 3.63) is 83.6 Å². The summed E-state index contributed by atoms with van der Waals surface area (Å²) in [6.45, 7) is 3.16. The van der Waals surface area contributed by atoms with E-state index < -0.39 is 5.97 Å². The Balaban J connectivity index is 1.44. The zero-order valence-electron chi connectivity index (χ0n) is 18.0. The van der Waals surface area contributed by atoms with Crippen LogP contribution in [0.2, 0.25) is 0 Å². The van der Waals surface area contributed by atoms with Crippen LogP contribution in [0.15, 0.2) is 83.0 Å². The highest BCUT2D eigenvalue weighted by molar-refractivity contribution is 6.12. The Morgan fingerprint density at radius 3 is 2.61 bits per heavy atom. The van der Waals surface area contributed by atoms with Crippen LogP contribution in [-0.2, 0) is 16.1 Å². The Hall–Kier alpha value is -4.15. The Labute approximate surface area is 192 Å². The molecule has 7 heteroatoms. The van der Waals surface area contributed by atoms with E-state index in [9.17, 15) is 10.1 Å². The third kappa shape index (κ3) is 4.29. The average Bonchev–Trinajstić information content (AvgIpc) is 2.88. The van der Waals surface area contributed by atoms with E-state index in [4.69, 9.17) is 9.73 Å². The summed E-state index contributed by atoms with van der Waals surface area (Å²) in [5, 5.41) is 18.7. The maximum absolute atomic E-state index is 13.0. The Bertz CT molecular complexity index is 1320. The van der Waals surface area contributed by atoms with Gasteiger partial charge in [-0.15, -0.1) is 0 Å². The minimum Gasteiger partial charge on any atom is -0.457 e. The lowest BCUT2D eigenvalue weighted by atomic mass is 10.1. The van der Waals surface area contributed by atoms with E-state index >= 15 is 0 Å². The minimum atomic E-state index is -0.671. The number of hydrogen-bond acceptors (Lipinski definition) is 7. The summed E-state index contributed by atoms with van der Waals surface area (Å²) < 4.78 is 5.56. The van der Waals surface area contributed by atoms with Crippen molar-refractivity contribution in [2.24, 2.45) is 4.99 Å². The number of esters is 1. The molecule has 0 amide bonds. The highest BCUT2D eigenvalue weighted by Gasteiger charge is 2.29. The molecule has 3 aromatic rings. The van der Waals surface area contributed by atoms with Crippen LogP contribution in [0.5, 0.6) is 0 Å². The first-order valence-electron chi connectivity index (χ1n) is 10.9. The molecule has 0 saturated carbocycles. The van der Waals surface area contributed by atoms with Crippen molar-refractivity contribution < 1.29 is 9.53 Å². The number of nitrogens with zero attached hydrogens (tertiary/aromatic N) is 3. The molecule has 3 aromatic carbocycles. The molecule has 0 unspecified atom stereocenters. The molecule has 0 bridgehead atoms. The number of piperazine rings is 1. The van der Waals surface area contributed by atoms with E-state index in [1.807, 2.05) is 66.7 Å². The van der Waals surface area contributed by atoms with Gasteiger partial charge in [0.1, 0.15) is 18.4 Å². The number of carbonyl (C=O) groups excluding carboxylic acids is 1. The molecule has 1 saturated heterocycles. The van der Waals surface area contributed by atoms with E-state index in [1.165, 1.54) is 0 Å². The van der Waals surface area contributed by atoms with Crippen LogP contribution in [0, 0.1) is 11.3 Å². The summed E-state index contributed by atoms with van der Waals surface area (Å²) in [5.41, 5.74) is 2.70. The molecular weight excluding hydrogens is 414 g/mol. The largest absolute Gasteiger partial charge is 0.457 e. The molecule has 0 radical (unpaired) electrons. The summed E-state index contributed by atoms with van der Waals surface area (Å²) in [4.78, 5) is 19.9. The van der Waals surface area contributed by atoms with Crippen molar-refractivity contribution in [3.63, 3.8) is 0 Å². The van der Waals surface area contributed by atoms with Gasteiger partial charge in [-0.1, -0.05) is 48.5 Å². The van der Waals surface area contributed by atoms with Crippen LogP contribution in [-0.4, -0.2) is 42.9 Å². The topological polar surface area (TPSA) is 89.8 Å². The van der Waals surface area contributed by atoms with Crippen molar-refractivity contribution in [2.75, 3.05) is 31.5 Å². The van der Waals surface area contributed by atoms with Gasteiger partial charge in [0.2, 0.25) is 0 Å². The summed E-state index contributed by atoms with van der Waals surface area (Å²) in [6.07, 6.45) is 0. The van der Waals surface area contributed by atoms with E-state index in [2.05, 4.69) is 21.6 Å². The van der Waals surface area contributed by atoms with Gasteiger partial charge in [-0.2, -0.15) is 5.26 Å². The number of ether oxygens (including phenoxy) is 1. The van der Waals surface area contributed by atoms with Gasteiger partial charge in [0.05, 0.1) is 11.4 Å². The van der Waals surface area contributed by atoms with Crippen molar-refractivity contribution in [2.45, 2.75) is 6.61 Å². The maximum Gasteiger partial charge on any atom is 0.351 e. The first-order chi connectivity index (χ1) is 16.2. The molecule has 0 aliphatic carbocycles. The molecule has 164 valence electrons. The summed E-state index contributed by atoms with van der Waals surface area (Å²) in [6, 6.07) is 23.6. The lowest BCUT2D eigenvalue weighted by molar-refractivity contribution is -0.139. The number of amidine groups is 1. The number of benzene rings is 3. The van der Waals surface area contributed by atoms with Gasteiger partial charge in [0.15, 0.2) is 11.4 Å². The van der Waals surface area contributed by atoms with Gasteiger partial charge in [0.25, 0.3) is 0 Å². The molecule has 2 heterocycles. The number of nitrogens with one attached hydrogen (secondary N) is 2. The number of carbonyl (C=O) groups is 1. The highest BCUT2D eigenvalue weighted by Crippen LogP contribution is 2.33. The van der Waals surface area contributed by atoms with Crippen LogP contribution in [0.4, 0.5) is 11.4 Å². The third-order valence-electron chi connectivity index (χ3n) is 5.78. The molecule has 2 aliphatic heterocycles. The first-order valence-corrected chi connectivity index (χ1v) is 10.9. The van der Waals surface area contributed by atoms with Crippen LogP contribution in [0.25, 0.3) is 10.8 Å². The van der Waals surface area contributed by atoms with E-state index in [0.29, 0.717) is 11.5 Å². The third-order valence-corrected chi connectivity index (χ3v) is 5.78. The van der Waals surface area contributed by atoms with E-state index in [-0.39, 0.29) is 12.2 Å². The summed E-state index contributed by atoms with van der Waals surface area (Å²) in [7, 11) is 0. The second-order valence-corrected chi connectivity index (χ2v) is 7.93. The molecule has 2 N–H and O–H groups in total. The number of hydrogen-bond donors (Lipinski definition) is 2. The second kappa shape index (κ2) is 9.15. The molecule has 1 fully saturated rings. The lowest BCUT2D eigenvalue weighted by Crippen LogP contribution is -2.48. The predicted molar refractivity (Wildman–Crippen MR) is 128 cm³/mol. The molecule has 0 aromatic heterocycles. The second-order valence-electron chi connectivity index (χ2n) is 7.93. The Morgan fingerprint density at radius 2 is 1.79 bits per heavy atom. The zero-order chi connectivity index (χ0) is 22.6. The minimum absolute atomic E-state index is 0.0809.